The lowest BCUT2D eigenvalue weighted by Gasteiger charge is -2.37. The highest BCUT2D eigenvalue weighted by molar-refractivity contribution is 6.06. The molecule has 1 atom stereocenters. The highest BCUT2D eigenvalue weighted by Crippen LogP contribution is 2.42. The van der Waals surface area contributed by atoms with E-state index in [1.807, 2.05) is 31.6 Å². The number of likely N-dealkylation sites (N-methyl/N-ethyl adjacent to an activating group) is 1. The summed E-state index contributed by atoms with van der Waals surface area (Å²) in [6.45, 7) is 14.5. The lowest BCUT2D eigenvalue weighted by atomic mass is 9.74. The molecular weight excluding hydrogens is 500 g/mol. The van der Waals surface area contributed by atoms with Gasteiger partial charge in [-0.1, -0.05) is 119 Å². The van der Waals surface area contributed by atoms with Gasteiger partial charge in [0.1, 0.15) is 0 Å². The molecule has 0 saturated heterocycles. The van der Waals surface area contributed by atoms with Crippen LogP contribution in [0.1, 0.15) is 88.1 Å². The smallest absolute Gasteiger partial charge is 0.160 e. The van der Waals surface area contributed by atoms with E-state index in [-0.39, 0.29) is 5.78 Å². The van der Waals surface area contributed by atoms with Crippen LogP contribution in [-0.2, 0) is 16.8 Å². The molecule has 2 aliphatic carbocycles. The molecule has 0 fully saturated rings. The third-order valence-corrected chi connectivity index (χ3v) is 7.15. The largest absolute Gasteiger partial charge is 0.303 e. The number of allylic oxidation sites excluding steroid dienone is 8. The lowest BCUT2D eigenvalue weighted by Crippen LogP contribution is -2.43. The number of carbonyl (C=O) groups excluding carboxylic acids is 1. The molecule has 0 amide bonds. The summed E-state index contributed by atoms with van der Waals surface area (Å²) >= 11 is 0. The molecule has 3 nitrogen and oxygen atoms in total. The van der Waals surface area contributed by atoms with Crippen LogP contribution in [0.2, 0.25) is 0 Å². The van der Waals surface area contributed by atoms with Crippen molar-refractivity contribution in [2.75, 3.05) is 7.05 Å². The van der Waals surface area contributed by atoms with Crippen LogP contribution >= 0.6 is 0 Å². The van der Waals surface area contributed by atoms with Crippen LogP contribution in [0.5, 0.6) is 0 Å². The number of nitrogens with one attached hydrogen (secondary N) is 1. The Labute approximate surface area is 247 Å². The van der Waals surface area contributed by atoms with Gasteiger partial charge in [0.2, 0.25) is 0 Å². The first-order valence-electron chi connectivity index (χ1n) is 14.9. The molecule has 2 aromatic carbocycles. The van der Waals surface area contributed by atoms with Gasteiger partial charge in [0.15, 0.2) is 5.78 Å². The normalized spacial score (nSPS) is 16.8. The van der Waals surface area contributed by atoms with E-state index >= 15 is 0 Å². The summed E-state index contributed by atoms with van der Waals surface area (Å²) in [6.07, 6.45) is 20.8. The van der Waals surface area contributed by atoms with Crippen molar-refractivity contribution in [1.29, 1.82) is 0 Å². The first-order chi connectivity index (χ1) is 19.9. The molecule has 0 spiro atoms. The first-order valence-corrected chi connectivity index (χ1v) is 14.9. The minimum absolute atomic E-state index is 0.146. The lowest BCUT2D eigenvalue weighted by molar-refractivity contribution is -0.114. The fourth-order valence-corrected chi connectivity index (χ4v) is 5.35. The summed E-state index contributed by atoms with van der Waals surface area (Å²) in [4.78, 5) is 17.1. The fourth-order valence-electron chi connectivity index (χ4n) is 5.35. The number of hydrogen-bond acceptors (Lipinski definition) is 3. The molecule has 3 aliphatic rings. The molecule has 0 bridgehead atoms. The van der Waals surface area contributed by atoms with Gasteiger partial charge in [-0.15, -0.1) is 0 Å². The Hall–Kier alpha value is -3.82. The molecule has 214 valence electrons. The van der Waals surface area contributed by atoms with E-state index in [0.29, 0.717) is 6.42 Å². The Morgan fingerprint density at radius 3 is 2.27 bits per heavy atom. The fraction of sp³-hybridized carbons (Fsp3) is 0.316. The summed E-state index contributed by atoms with van der Waals surface area (Å²) in [5.74, 6) is 0.146. The molecule has 41 heavy (non-hydrogen) atoms. The van der Waals surface area contributed by atoms with Gasteiger partial charge >= 0.3 is 0 Å². The van der Waals surface area contributed by atoms with Crippen molar-refractivity contribution in [2.24, 2.45) is 4.99 Å². The van der Waals surface area contributed by atoms with Crippen molar-refractivity contribution in [3.05, 3.63) is 130 Å². The van der Waals surface area contributed by atoms with E-state index < -0.39 is 5.54 Å². The van der Waals surface area contributed by atoms with Crippen LogP contribution in [0.4, 0.5) is 0 Å². The highest BCUT2D eigenvalue weighted by Gasteiger charge is 2.38. The average molecular weight is 547 g/mol. The third kappa shape index (κ3) is 7.28. The quantitative estimate of drug-likeness (QED) is 0.392. The van der Waals surface area contributed by atoms with Crippen LogP contribution < -0.4 is 5.32 Å². The number of ketones is 1. The Morgan fingerprint density at radius 1 is 0.976 bits per heavy atom. The number of fused-ring (bicyclic) bond motifs is 1. The van der Waals surface area contributed by atoms with Crippen molar-refractivity contribution in [2.45, 2.75) is 72.3 Å². The van der Waals surface area contributed by atoms with Crippen LogP contribution in [0.3, 0.4) is 0 Å². The number of nitrogens with zero attached hydrogens (tertiary/aromatic N) is 1. The number of benzene rings is 2. The number of rotatable bonds is 6. The molecule has 3 heteroatoms. The maximum atomic E-state index is 12.7. The molecule has 2 aromatic rings. The van der Waals surface area contributed by atoms with Crippen molar-refractivity contribution >= 4 is 23.6 Å². The van der Waals surface area contributed by atoms with E-state index in [1.54, 1.807) is 0 Å². The Bertz CT molecular complexity index is 1410. The van der Waals surface area contributed by atoms with Crippen molar-refractivity contribution in [3.8, 4) is 0 Å². The number of hydrogen-bond donors (Lipinski definition) is 1. The maximum absolute atomic E-state index is 12.7. The van der Waals surface area contributed by atoms with Crippen molar-refractivity contribution < 1.29 is 4.79 Å². The average Bonchev–Trinajstić information content (AvgIpc) is 3.43. The zero-order chi connectivity index (χ0) is 29.8. The van der Waals surface area contributed by atoms with E-state index in [1.165, 1.54) is 24.0 Å². The second kappa shape index (κ2) is 15.3. The Kier molecular flexibility index (Phi) is 11.8. The van der Waals surface area contributed by atoms with Crippen molar-refractivity contribution in [1.82, 2.24) is 5.32 Å². The van der Waals surface area contributed by atoms with E-state index in [4.69, 9.17) is 0 Å². The van der Waals surface area contributed by atoms with Gasteiger partial charge in [0, 0.05) is 25.3 Å². The summed E-state index contributed by atoms with van der Waals surface area (Å²) in [5.41, 5.74) is 9.55. The SMILES string of the molecule is C=Cc1ccc(C(NC)(C2=CN=CC2)c2ccc3c(c2)C(C2=CC=CCC(C)=C2)=CC(=O)C3)cc1.CCC.CCC. The minimum atomic E-state index is -0.540. The molecule has 1 unspecified atom stereocenters. The van der Waals surface area contributed by atoms with E-state index in [9.17, 15) is 4.79 Å². The van der Waals surface area contributed by atoms with Crippen LogP contribution in [-0.4, -0.2) is 19.0 Å². The predicted molar refractivity (Wildman–Crippen MR) is 178 cm³/mol. The number of aliphatic imine (C=N–C) groups is 1. The highest BCUT2D eigenvalue weighted by atomic mass is 16.1. The zero-order valence-corrected chi connectivity index (χ0v) is 25.8. The van der Waals surface area contributed by atoms with Gasteiger partial charge in [-0.2, -0.15) is 0 Å². The monoisotopic (exact) mass is 546 g/mol. The maximum Gasteiger partial charge on any atom is 0.160 e. The third-order valence-electron chi connectivity index (χ3n) is 7.15. The van der Waals surface area contributed by atoms with Gasteiger partial charge in [-0.25, -0.2) is 0 Å². The zero-order valence-electron chi connectivity index (χ0n) is 25.8. The van der Waals surface area contributed by atoms with Gasteiger partial charge in [0.25, 0.3) is 0 Å². The van der Waals surface area contributed by atoms with E-state index in [0.717, 1.165) is 51.8 Å². The molecule has 1 heterocycles. The number of carbonyl (C=O) groups is 1. The molecule has 1 N–H and O–H groups in total. The Morgan fingerprint density at radius 2 is 1.66 bits per heavy atom. The van der Waals surface area contributed by atoms with Crippen molar-refractivity contribution in [3.63, 3.8) is 0 Å². The summed E-state index contributed by atoms with van der Waals surface area (Å²) in [7, 11) is 2.00. The topological polar surface area (TPSA) is 41.5 Å². The first kappa shape index (κ1) is 31.7. The summed E-state index contributed by atoms with van der Waals surface area (Å²) < 4.78 is 0. The Balaban J connectivity index is 0.000000710. The van der Waals surface area contributed by atoms with E-state index in [2.05, 4.69) is 118 Å². The molecule has 0 aromatic heterocycles. The minimum Gasteiger partial charge on any atom is -0.303 e. The molecule has 0 saturated carbocycles. The van der Waals surface area contributed by atoms with Gasteiger partial charge in [-0.05, 0) is 77.1 Å². The molecule has 1 aliphatic heterocycles. The summed E-state index contributed by atoms with van der Waals surface area (Å²) in [5, 5.41) is 3.66. The molecular formula is C38H46N2O. The predicted octanol–water partition coefficient (Wildman–Crippen LogP) is 9.32. The molecule has 5 rings (SSSR count). The second-order valence-corrected chi connectivity index (χ2v) is 10.7. The van der Waals surface area contributed by atoms with Gasteiger partial charge in [0.05, 0.1) is 5.54 Å². The van der Waals surface area contributed by atoms with Crippen LogP contribution in [0, 0.1) is 0 Å². The van der Waals surface area contributed by atoms with Gasteiger partial charge in [-0.3, -0.25) is 9.79 Å². The molecule has 0 radical (unpaired) electrons. The summed E-state index contributed by atoms with van der Waals surface area (Å²) in [6, 6.07) is 15.1. The van der Waals surface area contributed by atoms with Crippen LogP contribution in [0.25, 0.3) is 11.6 Å². The van der Waals surface area contributed by atoms with Crippen LogP contribution in [0.15, 0.2) is 107 Å². The van der Waals surface area contributed by atoms with Gasteiger partial charge < -0.3 is 5.32 Å². The second-order valence-electron chi connectivity index (χ2n) is 10.7. The standard InChI is InChI=1S/C32H30N2O.2C3H8/c1-4-23-9-12-26(13-10-23)32(33-3,28-15-16-34-21-28)27-14-11-25-18-29(35)20-31(30(25)19-27)24-8-6-5-7-22(2)17-24;2*1-3-2/h4-6,8-14,16-17,19-21,33H,1,7,15,18H2,2-3H3;2*3H2,1-2H3.